The van der Waals surface area contributed by atoms with E-state index in [9.17, 15) is 4.79 Å². The second-order valence-electron chi connectivity index (χ2n) is 2.71. The summed E-state index contributed by atoms with van der Waals surface area (Å²) in [6.07, 6.45) is 1.00. The number of aliphatic carboxylic acids is 1. The van der Waals surface area contributed by atoms with E-state index in [-0.39, 0.29) is 6.54 Å². The summed E-state index contributed by atoms with van der Waals surface area (Å²) >= 11 is 0. The number of nitrogens with zero attached hydrogens (tertiary/aromatic N) is 1. The third-order valence-corrected chi connectivity index (χ3v) is 1.96. The van der Waals surface area contributed by atoms with Gasteiger partial charge in [0.1, 0.15) is 0 Å². The standard InChI is InChI=1S/C8H17NO2/c1-4-7(3)9(5-2)6-8(10)11/h7H,4-6H2,1-3H3,(H,10,11). The van der Waals surface area contributed by atoms with Gasteiger partial charge in [0.2, 0.25) is 0 Å². The van der Waals surface area contributed by atoms with Crippen LogP contribution in [0, 0.1) is 0 Å². The maximum atomic E-state index is 10.3. The summed E-state index contributed by atoms with van der Waals surface area (Å²) < 4.78 is 0. The van der Waals surface area contributed by atoms with Crippen molar-refractivity contribution >= 4 is 5.97 Å². The molecular formula is C8H17NO2. The van der Waals surface area contributed by atoms with Crippen molar-refractivity contribution in [3.8, 4) is 0 Å². The highest BCUT2D eigenvalue weighted by molar-refractivity contribution is 5.69. The van der Waals surface area contributed by atoms with Crippen molar-refractivity contribution < 1.29 is 9.90 Å². The molecule has 0 amide bonds. The molecule has 0 saturated carbocycles. The van der Waals surface area contributed by atoms with E-state index in [4.69, 9.17) is 5.11 Å². The van der Waals surface area contributed by atoms with Gasteiger partial charge in [0.15, 0.2) is 0 Å². The van der Waals surface area contributed by atoms with Crippen LogP contribution in [0.2, 0.25) is 0 Å². The van der Waals surface area contributed by atoms with Crippen LogP contribution in [-0.4, -0.2) is 35.1 Å². The number of carbonyl (C=O) groups is 1. The molecule has 0 aliphatic heterocycles. The van der Waals surface area contributed by atoms with E-state index in [1.165, 1.54) is 0 Å². The zero-order chi connectivity index (χ0) is 8.85. The molecule has 0 aliphatic carbocycles. The van der Waals surface area contributed by atoms with Gasteiger partial charge in [-0.15, -0.1) is 0 Å². The van der Waals surface area contributed by atoms with Crippen LogP contribution >= 0.6 is 0 Å². The van der Waals surface area contributed by atoms with E-state index in [2.05, 4.69) is 6.92 Å². The molecule has 0 aromatic rings. The lowest BCUT2D eigenvalue weighted by molar-refractivity contribution is -0.138. The van der Waals surface area contributed by atoms with Crippen molar-refractivity contribution in [3.63, 3.8) is 0 Å². The number of carboxylic acid groups (broad SMARTS) is 1. The minimum atomic E-state index is -0.743. The van der Waals surface area contributed by atoms with E-state index in [0.29, 0.717) is 6.04 Å². The molecule has 0 saturated heterocycles. The second-order valence-corrected chi connectivity index (χ2v) is 2.71. The minimum Gasteiger partial charge on any atom is -0.480 e. The number of hydrogen-bond donors (Lipinski definition) is 1. The molecule has 0 aliphatic rings. The van der Waals surface area contributed by atoms with Gasteiger partial charge in [-0.05, 0) is 19.9 Å². The van der Waals surface area contributed by atoms with Gasteiger partial charge in [-0.3, -0.25) is 9.69 Å². The summed E-state index contributed by atoms with van der Waals surface area (Å²) in [6.45, 7) is 7.06. The Morgan fingerprint density at radius 1 is 1.55 bits per heavy atom. The van der Waals surface area contributed by atoms with E-state index in [1.807, 2.05) is 18.7 Å². The lowest BCUT2D eigenvalue weighted by Crippen LogP contribution is -2.36. The second kappa shape index (κ2) is 5.13. The Hall–Kier alpha value is -0.570. The van der Waals surface area contributed by atoms with E-state index >= 15 is 0 Å². The summed E-state index contributed by atoms with van der Waals surface area (Å²) in [5.74, 6) is -0.743. The van der Waals surface area contributed by atoms with Crippen LogP contribution in [0.15, 0.2) is 0 Å². The van der Waals surface area contributed by atoms with Crippen LogP contribution in [0.5, 0.6) is 0 Å². The Balaban J connectivity index is 3.84. The molecule has 11 heavy (non-hydrogen) atoms. The normalized spacial score (nSPS) is 13.5. The first kappa shape index (κ1) is 10.4. The molecule has 0 aromatic heterocycles. The molecule has 0 spiro atoms. The molecule has 66 valence electrons. The predicted molar refractivity (Wildman–Crippen MR) is 44.6 cm³/mol. The van der Waals surface area contributed by atoms with Crippen molar-refractivity contribution in [2.24, 2.45) is 0 Å². The quantitative estimate of drug-likeness (QED) is 0.655. The average molecular weight is 159 g/mol. The molecule has 1 unspecified atom stereocenters. The predicted octanol–water partition coefficient (Wildman–Crippen LogP) is 1.19. The summed E-state index contributed by atoms with van der Waals surface area (Å²) in [6, 6.07) is 0.371. The summed E-state index contributed by atoms with van der Waals surface area (Å²) in [5.41, 5.74) is 0. The van der Waals surface area contributed by atoms with Crippen LogP contribution in [0.4, 0.5) is 0 Å². The highest BCUT2D eigenvalue weighted by atomic mass is 16.4. The van der Waals surface area contributed by atoms with Crippen molar-refractivity contribution in [3.05, 3.63) is 0 Å². The molecule has 3 heteroatoms. The van der Waals surface area contributed by atoms with Crippen molar-refractivity contribution in [2.45, 2.75) is 33.2 Å². The smallest absolute Gasteiger partial charge is 0.317 e. The number of carboxylic acids is 1. The fraction of sp³-hybridized carbons (Fsp3) is 0.875. The average Bonchev–Trinajstić information content (AvgIpc) is 1.98. The molecule has 1 N–H and O–H groups in total. The molecule has 0 rings (SSSR count). The van der Waals surface area contributed by atoms with Gasteiger partial charge >= 0.3 is 5.97 Å². The Labute approximate surface area is 68.0 Å². The molecule has 0 bridgehead atoms. The largest absolute Gasteiger partial charge is 0.480 e. The van der Waals surface area contributed by atoms with Crippen molar-refractivity contribution in [1.82, 2.24) is 4.90 Å². The Bertz CT molecular complexity index is 125. The van der Waals surface area contributed by atoms with E-state index in [1.54, 1.807) is 0 Å². The van der Waals surface area contributed by atoms with Gasteiger partial charge in [-0.1, -0.05) is 13.8 Å². The topological polar surface area (TPSA) is 40.5 Å². The molecule has 0 fully saturated rings. The first-order chi connectivity index (χ1) is 5.11. The SMILES string of the molecule is CCC(C)N(CC)CC(=O)O. The highest BCUT2D eigenvalue weighted by Gasteiger charge is 2.12. The lowest BCUT2D eigenvalue weighted by atomic mass is 10.2. The summed E-state index contributed by atoms with van der Waals surface area (Å²) in [7, 11) is 0. The molecule has 0 heterocycles. The van der Waals surface area contributed by atoms with Crippen LogP contribution < -0.4 is 0 Å². The van der Waals surface area contributed by atoms with E-state index < -0.39 is 5.97 Å². The molecule has 0 aromatic carbocycles. The molecule has 1 atom stereocenters. The van der Waals surface area contributed by atoms with Gasteiger partial charge < -0.3 is 5.11 Å². The fourth-order valence-electron chi connectivity index (χ4n) is 1.01. The maximum Gasteiger partial charge on any atom is 0.317 e. The zero-order valence-corrected chi connectivity index (χ0v) is 7.50. The van der Waals surface area contributed by atoms with E-state index in [0.717, 1.165) is 13.0 Å². The molecule has 3 nitrogen and oxygen atoms in total. The fourth-order valence-corrected chi connectivity index (χ4v) is 1.01. The third-order valence-electron chi connectivity index (χ3n) is 1.96. The first-order valence-corrected chi connectivity index (χ1v) is 4.07. The van der Waals surface area contributed by atoms with Gasteiger partial charge in [0.05, 0.1) is 6.54 Å². The van der Waals surface area contributed by atoms with Crippen LogP contribution in [0.1, 0.15) is 27.2 Å². The van der Waals surface area contributed by atoms with Crippen molar-refractivity contribution in [1.29, 1.82) is 0 Å². The lowest BCUT2D eigenvalue weighted by Gasteiger charge is -2.24. The molecular weight excluding hydrogens is 142 g/mol. The Kier molecular flexibility index (Phi) is 4.86. The Morgan fingerprint density at radius 2 is 2.09 bits per heavy atom. The van der Waals surface area contributed by atoms with Crippen LogP contribution in [0.25, 0.3) is 0 Å². The van der Waals surface area contributed by atoms with Crippen LogP contribution in [0.3, 0.4) is 0 Å². The summed E-state index contributed by atoms with van der Waals surface area (Å²) in [4.78, 5) is 12.3. The van der Waals surface area contributed by atoms with Crippen LogP contribution in [-0.2, 0) is 4.79 Å². The minimum absolute atomic E-state index is 0.158. The zero-order valence-electron chi connectivity index (χ0n) is 7.50. The summed E-state index contributed by atoms with van der Waals surface area (Å²) in [5, 5.41) is 8.52. The third kappa shape index (κ3) is 3.98. The van der Waals surface area contributed by atoms with Gasteiger partial charge in [-0.2, -0.15) is 0 Å². The van der Waals surface area contributed by atoms with Gasteiger partial charge in [0.25, 0.3) is 0 Å². The van der Waals surface area contributed by atoms with Crippen molar-refractivity contribution in [2.75, 3.05) is 13.1 Å². The van der Waals surface area contributed by atoms with Gasteiger partial charge in [-0.25, -0.2) is 0 Å². The maximum absolute atomic E-state index is 10.3. The first-order valence-electron chi connectivity index (χ1n) is 4.07. The van der Waals surface area contributed by atoms with Gasteiger partial charge in [0, 0.05) is 6.04 Å². The highest BCUT2D eigenvalue weighted by Crippen LogP contribution is 2.01. The number of hydrogen-bond acceptors (Lipinski definition) is 2. The monoisotopic (exact) mass is 159 g/mol. The number of rotatable bonds is 5. The Morgan fingerprint density at radius 3 is 2.36 bits per heavy atom. The number of likely N-dealkylation sites (N-methyl/N-ethyl adjacent to an activating group) is 1. The molecule has 0 radical (unpaired) electrons.